The van der Waals surface area contributed by atoms with Crippen LogP contribution in [0.15, 0.2) is 10.7 Å². The van der Waals surface area contributed by atoms with Crippen LogP contribution in [0.4, 0.5) is 13.2 Å². The van der Waals surface area contributed by atoms with Gasteiger partial charge in [-0.25, -0.2) is 0 Å². The quantitative estimate of drug-likeness (QED) is 0.752. The molecule has 0 bridgehead atoms. The fourth-order valence-corrected chi connectivity index (χ4v) is 2.26. The van der Waals surface area contributed by atoms with Crippen molar-refractivity contribution in [3.05, 3.63) is 10.7 Å². The summed E-state index contributed by atoms with van der Waals surface area (Å²) in [5, 5.41) is 14.0. The fourth-order valence-electron chi connectivity index (χ4n) is 1.87. The van der Waals surface area contributed by atoms with Crippen LogP contribution in [0.2, 0.25) is 0 Å². The van der Waals surface area contributed by atoms with Crippen molar-refractivity contribution in [1.82, 2.24) is 10.4 Å². The fraction of sp³-hybridized carbons (Fsp3) is 0.700. The third-order valence-electron chi connectivity index (χ3n) is 2.73. The number of carbonyl (C=O) groups excluding carboxylic acids is 1. The smallest absolute Gasteiger partial charge is 0.366 e. The monoisotopic (exact) mass is 285 g/mol. The second-order valence-electron chi connectivity index (χ2n) is 5.05. The van der Waals surface area contributed by atoms with Crippen molar-refractivity contribution in [3.63, 3.8) is 0 Å². The van der Waals surface area contributed by atoms with Crippen LogP contribution in [-0.2, 0) is 10.0 Å². The predicted molar refractivity (Wildman–Crippen MR) is 57.8 cm³/mol. The molecular weight excluding hydrogens is 273 g/mol. The molecule has 0 aliphatic carbocycles. The van der Waals surface area contributed by atoms with Crippen LogP contribution in [0, 0.1) is 0 Å². The summed E-state index contributed by atoms with van der Waals surface area (Å²) in [5.74, 6) is -2.16. The molecule has 0 amide bonds. The van der Waals surface area contributed by atoms with Crippen LogP contribution in [0.3, 0.4) is 0 Å². The lowest BCUT2D eigenvalue weighted by Crippen LogP contribution is -2.47. The van der Waals surface area contributed by atoms with Gasteiger partial charge >= 0.3 is 6.18 Å². The van der Waals surface area contributed by atoms with E-state index in [1.807, 2.05) is 0 Å². The first kappa shape index (κ1) is 15.3. The highest BCUT2D eigenvalue weighted by molar-refractivity contribution is 6.43. The summed E-state index contributed by atoms with van der Waals surface area (Å²) in [6.45, 7) is 5.75. The molecule has 1 radical (unpaired) electrons. The average molecular weight is 286 g/mol. The first-order chi connectivity index (χ1) is 7.82. The van der Waals surface area contributed by atoms with Gasteiger partial charge in [-0.05, 0) is 27.7 Å². The Kier molecular flexibility index (Phi) is 3.49. The first-order valence-electron chi connectivity index (χ1n) is 5.09. The number of carbonyl (C=O) groups is 1. The van der Waals surface area contributed by atoms with Crippen molar-refractivity contribution < 1.29 is 23.2 Å². The number of nitrogens with zero attached hydrogens (tertiary/aromatic N) is 1. The molecule has 1 fully saturated rings. The van der Waals surface area contributed by atoms with E-state index in [2.05, 4.69) is 5.32 Å². The lowest BCUT2D eigenvalue weighted by atomic mass is 10.0. The van der Waals surface area contributed by atoms with Gasteiger partial charge in [0.05, 0.1) is 11.2 Å². The third-order valence-corrected chi connectivity index (χ3v) is 3.10. The van der Waals surface area contributed by atoms with Crippen molar-refractivity contribution in [3.8, 4) is 0 Å². The van der Waals surface area contributed by atoms with Crippen LogP contribution in [0.25, 0.3) is 0 Å². The molecule has 1 rings (SSSR count). The molecule has 0 aromatic carbocycles. The maximum atomic E-state index is 12.3. The van der Waals surface area contributed by atoms with E-state index in [0.29, 0.717) is 5.06 Å². The largest absolute Gasteiger partial charge is 0.455 e. The highest BCUT2D eigenvalue weighted by atomic mass is 35.5. The Morgan fingerprint density at radius 3 is 2.00 bits per heavy atom. The zero-order valence-electron chi connectivity index (χ0n) is 10.3. The van der Waals surface area contributed by atoms with Gasteiger partial charge in [0.1, 0.15) is 10.7 Å². The summed E-state index contributed by atoms with van der Waals surface area (Å²) < 4.78 is 36.9. The zero-order chi connectivity index (χ0) is 14.5. The van der Waals surface area contributed by atoms with Gasteiger partial charge in [0.2, 0.25) is 0 Å². The molecule has 8 heteroatoms. The number of hydrogen-bond acceptors (Lipinski definition) is 3. The number of alkyl halides is 3. The van der Waals surface area contributed by atoms with E-state index in [0.717, 1.165) is 0 Å². The first-order valence-corrected chi connectivity index (χ1v) is 5.47. The number of hydroxylamine groups is 2. The van der Waals surface area contributed by atoms with Gasteiger partial charge in [-0.15, -0.1) is 10.3 Å². The Hall–Kier alpha value is -0.790. The maximum Gasteiger partial charge on any atom is 0.455 e. The molecule has 0 aromatic heterocycles. The van der Waals surface area contributed by atoms with Crippen molar-refractivity contribution in [2.24, 2.45) is 0 Å². The highest BCUT2D eigenvalue weighted by Crippen LogP contribution is 2.39. The van der Waals surface area contributed by atoms with Gasteiger partial charge in [-0.3, -0.25) is 4.79 Å². The van der Waals surface area contributed by atoms with E-state index < -0.39 is 28.2 Å². The SMILES string of the molecule is CC1(C)N/C(=C(\Cl)C(=O)C(F)(F)F)C(C)(C)N1[O]. The van der Waals surface area contributed by atoms with E-state index in [-0.39, 0.29) is 5.70 Å². The van der Waals surface area contributed by atoms with Crippen LogP contribution in [0.1, 0.15) is 27.7 Å². The molecule has 0 saturated carbocycles. The molecule has 1 aliphatic rings. The number of halogens is 4. The summed E-state index contributed by atoms with van der Waals surface area (Å²) >= 11 is 5.48. The molecule has 103 valence electrons. The standard InChI is InChI=1S/C10H13ClF3N2O2/c1-8(2)6(15-9(3,4)16(8)18)5(11)7(17)10(12,13)14/h15H,1-4H3/b6-5-. The average Bonchev–Trinajstić information content (AvgIpc) is 2.35. The molecule has 1 heterocycles. The lowest BCUT2D eigenvalue weighted by Gasteiger charge is -2.29. The summed E-state index contributed by atoms with van der Waals surface area (Å²) in [6, 6.07) is 0. The van der Waals surface area contributed by atoms with Crippen molar-refractivity contribution in [2.75, 3.05) is 0 Å². The zero-order valence-corrected chi connectivity index (χ0v) is 11.0. The molecule has 0 spiro atoms. The maximum absolute atomic E-state index is 12.3. The molecule has 1 saturated heterocycles. The van der Waals surface area contributed by atoms with Crippen molar-refractivity contribution >= 4 is 17.4 Å². The van der Waals surface area contributed by atoms with Gasteiger partial charge in [-0.2, -0.15) is 13.2 Å². The predicted octanol–water partition coefficient (Wildman–Crippen LogP) is 2.33. The topological polar surface area (TPSA) is 52.2 Å². The Balaban J connectivity index is 3.29. The van der Waals surface area contributed by atoms with Crippen LogP contribution in [-0.4, -0.2) is 28.2 Å². The third kappa shape index (κ3) is 2.34. The number of hydrogen-bond donors (Lipinski definition) is 1. The molecule has 0 unspecified atom stereocenters. The normalized spacial score (nSPS) is 25.8. The van der Waals surface area contributed by atoms with Gasteiger partial charge in [0.25, 0.3) is 5.78 Å². The minimum Gasteiger partial charge on any atom is -0.366 e. The Bertz CT molecular complexity index is 416. The second-order valence-corrected chi connectivity index (χ2v) is 5.43. The number of rotatable bonds is 1. The van der Waals surface area contributed by atoms with E-state index in [1.54, 1.807) is 0 Å². The van der Waals surface area contributed by atoms with Crippen molar-refractivity contribution in [1.29, 1.82) is 0 Å². The number of nitrogens with one attached hydrogen (secondary N) is 1. The Morgan fingerprint density at radius 2 is 1.72 bits per heavy atom. The van der Waals surface area contributed by atoms with E-state index in [4.69, 9.17) is 11.6 Å². The van der Waals surface area contributed by atoms with E-state index in [9.17, 15) is 23.2 Å². The second kappa shape index (κ2) is 4.11. The van der Waals surface area contributed by atoms with E-state index in [1.165, 1.54) is 27.7 Å². The minimum absolute atomic E-state index is 0.216. The molecule has 1 aliphatic heterocycles. The molecule has 0 atom stereocenters. The Labute approximate surface area is 107 Å². The van der Waals surface area contributed by atoms with E-state index >= 15 is 0 Å². The summed E-state index contributed by atoms with van der Waals surface area (Å²) in [4.78, 5) is 11.1. The Morgan fingerprint density at radius 1 is 1.28 bits per heavy atom. The lowest BCUT2D eigenvalue weighted by molar-refractivity contribution is -0.243. The molecule has 18 heavy (non-hydrogen) atoms. The number of Topliss-reactive ketones (excluding diaryl/α,β-unsaturated/α-hetero) is 1. The summed E-state index contributed by atoms with van der Waals surface area (Å²) in [6.07, 6.45) is -5.07. The molecule has 1 N–H and O–H groups in total. The van der Waals surface area contributed by atoms with Crippen molar-refractivity contribution in [2.45, 2.75) is 45.1 Å². The van der Waals surface area contributed by atoms with Gasteiger partial charge in [-0.1, -0.05) is 11.6 Å². The van der Waals surface area contributed by atoms with Crippen LogP contribution < -0.4 is 5.32 Å². The summed E-state index contributed by atoms with van der Waals surface area (Å²) in [5.41, 5.74) is -2.68. The van der Waals surface area contributed by atoms with Gasteiger partial charge < -0.3 is 5.32 Å². The molecular formula is C10H13ClF3N2O2. The molecule has 4 nitrogen and oxygen atoms in total. The number of allylic oxidation sites excluding steroid dienone is 1. The molecule has 0 aromatic rings. The number of ketones is 1. The van der Waals surface area contributed by atoms with Crippen LogP contribution >= 0.6 is 11.6 Å². The van der Waals surface area contributed by atoms with Gasteiger partial charge in [0.15, 0.2) is 0 Å². The highest BCUT2D eigenvalue weighted by Gasteiger charge is 2.53. The minimum atomic E-state index is -5.07. The van der Waals surface area contributed by atoms with Crippen LogP contribution in [0.5, 0.6) is 0 Å². The summed E-state index contributed by atoms with van der Waals surface area (Å²) in [7, 11) is 0. The van der Waals surface area contributed by atoms with Gasteiger partial charge in [0, 0.05) is 0 Å².